The van der Waals surface area contributed by atoms with Crippen LogP contribution in [0.5, 0.6) is 0 Å². The van der Waals surface area contributed by atoms with E-state index in [0.717, 1.165) is 25.7 Å². The van der Waals surface area contributed by atoms with Crippen molar-refractivity contribution in [3.05, 3.63) is 35.9 Å². The lowest BCUT2D eigenvalue weighted by atomic mass is 9.95. The maximum absolute atomic E-state index is 8.71. The molecule has 1 aromatic rings. The third kappa shape index (κ3) is 4.41. The van der Waals surface area contributed by atoms with Gasteiger partial charge in [0.2, 0.25) is 0 Å². The van der Waals surface area contributed by atoms with Crippen molar-refractivity contribution in [3.63, 3.8) is 0 Å². The second-order valence-corrected chi connectivity index (χ2v) is 4.79. The number of aliphatic hydroxyl groups excluding tert-OH is 1. The van der Waals surface area contributed by atoms with Gasteiger partial charge in [-0.1, -0.05) is 30.3 Å². The molecule has 3 heteroatoms. The van der Waals surface area contributed by atoms with E-state index in [-0.39, 0.29) is 6.61 Å². The zero-order valence-corrected chi connectivity index (χ0v) is 10.8. The summed E-state index contributed by atoms with van der Waals surface area (Å²) in [5.41, 5.74) is 1.23. The number of benzene rings is 1. The molecule has 3 nitrogen and oxygen atoms in total. The van der Waals surface area contributed by atoms with Crippen LogP contribution in [0.4, 0.5) is 0 Å². The van der Waals surface area contributed by atoms with Gasteiger partial charge < -0.3 is 14.6 Å². The molecule has 0 atom stereocenters. The van der Waals surface area contributed by atoms with Crippen molar-refractivity contribution in [1.82, 2.24) is 0 Å². The highest BCUT2D eigenvalue weighted by Crippen LogP contribution is 2.24. The highest BCUT2D eigenvalue weighted by molar-refractivity contribution is 5.13. The first-order valence-electron chi connectivity index (χ1n) is 6.76. The van der Waals surface area contributed by atoms with Crippen molar-refractivity contribution < 1.29 is 14.6 Å². The first kappa shape index (κ1) is 13.5. The quantitative estimate of drug-likeness (QED) is 0.843. The predicted molar refractivity (Wildman–Crippen MR) is 70.3 cm³/mol. The Labute approximate surface area is 109 Å². The average molecular weight is 250 g/mol. The molecule has 0 radical (unpaired) electrons. The molecule has 0 aromatic heterocycles. The molecule has 100 valence electrons. The van der Waals surface area contributed by atoms with Crippen LogP contribution in [0.1, 0.15) is 31.2 Å². The summed E-state index contributed by atoms with van der Waals surface area (Å²) in [7, 11) is 0. The summed E-state index contributed by atoms with van der Waals surface area (Å²) in [6.07, 6.45) is 4.87. The van der Waals surface area contributed by atoms with E-state index in [9.17, 15) is 0 Å². The lowest BCUT2D eigenvalue weighted by Gasteiger charge is -2.28. The summed E-state index contributed by atoms with van der Waals surface area (Å²) >= 11 is 0. The molecule has 0 bridgehead atoms. The Balaban J connectivity index is 1.65. The molecule has 1 aliphatic carbocycles. The molecule has 0 saturated heterocycles. The lowest BCUT2D eigenvalue weighted by Crippen LogP contribution is -2.27. The van der Waals surface area contributed by atoms with Crippen LogP contribution in [0, 0.1) is 0 Å². The zero-order valence-electron chi connectivity index (χ0n) is 10.8. The average Bonchev–Trinajstić information content (AvgIpc) is 2.45. The fourth-order valence-electron chi connectivity index (χ4n) is 2.37. The van der Waals surface area contributed by atoms with Crippen molar-refractivity contribution >= 4 is 0 Å². The number of hydrogen-bond acceptors (Lipinski definition) is 3. The van der Waals surface area contributed by atoms with Crippen LogP contribution in [0.3, 0.4) is 0 Å². The van der Waals surface area contributed by atoms with Gasteiger partial charge in [-0.15, -0.1) is 0 Å². The second-order valence-electron chi connectivity index (χ2n) is 4.79. The number of aliphatic hydroxyl groups is 1. The van der Waals surface area contributed by atoms with Crippen molar-refractivity contribution in [2.24, 2.45) is 0 Å². The van der Waals surface area contributed by atoms with Gasteiger partial charge in [0, 0.05) is 0 Å². The molecule has 1 fully saturated rings. The summed E-state index contributed by atoms with van der Waals surface area (Å²) in [4.78, 5) is 0. The number of hydrogen-bond donors (Lipinski definition) is 1. The van der Waals surface area contributed by atoms with Crippen LogP contribution < -0.4 is 0 Å². The Kier molecular flexibility index (Phi) is 5.65. The highest BCUT2D eigenvalue weighted by atomic mass is 16.5. The van der Waals surface area contributed by atoms with Gasteiger partial charge >= 0.3 is 0 Å². The standard InChI is InChI=1S/C15H22O3/c16-10-11-17-14-6-8-15(9-7-14)18-12-13-4-2-1-3-5-13/h1-5,14-16H,6-12H2. The SMILES string of the molecule is OCCOC1CCC(OCc2ccccc2)CC1. The molecule has 0 amide bonds. The summed E-state index contributed by atoms with van der Waals surface area (Å²) in [5, 5.41) is 8.71. The Hall–Kier alpha value is -0.900. The molecule has 1 N–H and O–H groups in total. The van der Waals surface area contributed by atoms with E-state index in [1.54, 1.807) is 0 Å². The molecule has 1 aliphatic rings. The third-order valence-electron chi connectivity index (χ3n) is 3.39. The third-order valence-corrected chi connectivity index (χ3v) is 3.39. The smallest absolute Gasteiger partial charge is 0.0720 e. The summed E-state index contributed by atoms with van der Waals surface area (Å²) in [6.45, 7) is 1.28. The molecule has 1 aromatic carbocycles. The van der Waals surface area contributed by atoms with Gasteiger partial charge in [-0.05, 0) is 31.2 Å². The van der Waals surface area contributed by atoms with Crippen molar-refractivity contribution in [2.45, 2.75) is 44.5 Å². The van der Waals surface area contributed by atoms with Crippen LogP contribution in [0.2, 0.25) is 0 Å². The van der Waals surface area contributed by atoms with Crippen LogP contribution in [-0.2, 0) is 16.1 Å². The molecule has 0 aliphatic heterocycles. The van der Waals surface area contributed by atoms with Gasteiger partial charge in [-0.3, -0.25) is 0 Å². The molecule has 0 unspecified atom stereocenters. The zero-order chi connectivity index (χ0) is 12.6. The largest absolute Gasteiger partial charge is 0.394 e. The topological polar surface area (TPSA) is 38.7 Å². The molecule has 1 saturated carbocycles. The van der Waals surface area contributed by atoms with E-state index in [2.05, 4.69) is 12.1 Å². The van der Waals surface area contributed by atoms with Gasteiger partial charge in [0.25, 0.3) is 0 Å². The first-order valence-corrected chi connectivity index (χ1v) is 6.76. The maximum atomic E-state index is 8.71. The summed E-state index contributed by atoms with van der Waals surface area (Å²) in [6, 6.07) is 10.3. The first-order chi connectivity index (χ1) is 8.88. The number of ether oxygens (including phenoxy) is 2. The van der Waals surface area contributed by atoms with Crippen molar-refractivity contribution in [1.29, 1.82) is 0 Å². The number of rotatable bonds is 6. The molecule has 0 heterocycles. The van der Waals surface area contributed by atoms with Crippen LogP contribution in [0.25, 0.3) is 0 Å². The van der Waals surface area contributed by atoms with E-state index in [0.29, 0.717) is 25.4 Å². The van der Waals surface area contributed by atoms with Gasteiger partial charge in [0.15, 0.2) is 0 Å². The van der Waals surface area contributed by atoms with E-state index in [1.807, 2.05) is 18.2 Å². The predicted octanol–water partition coefficient (Wildman–Crippen LogP) is 2.52. The fourth-order valence-corrected chi connectivity index (χ4v) is 2.37. The Morgan fingerprint density at radius 3 is 2.17 bits per heavy atom. The van der Waals surface area contributed by atoms with Crippen LogP contribution >= 0.6 is 0 Å². The Morgan fingerprint density at radius 1 is 0.944 bits per heavy atom. The molecule has 2 rings (SSSR count). The van der Waals surface area contributed by atoms with E-state index in [4.69, 9.17) is 14.6 Å². The van der Waals surface area contributed by atoms with Gasteiger partial charge in [-0.25, -0.2) is 0 Å². The van der Waals surface area contributed by atoms with E-state index >= 15 is 0 Å². The van der Waals surface area contributed by atoms with Crippen LogP contribution in [0.15, 0.2) is 30.3 Å². The van der Waals surface area contributed by atoms with Crippen LogP contribution in [-0.4, -0.2) is 30.5 Å². The molecule has 18 heavy (non-hydrogen) atoms. The Morgan fingerprint density at radius 2 is 1.56 bits per heavy atom. The normalized spacial score (nSPS) is 24.1. The minimum absolute atomic E-state index is 0.116. The van der Waals surface area contributed by atoms with Gasteiger partial charge in [0.05, 0.1) is 32.0 Å². The lowest BCUT2D eigenvalue weighted by molar-refractivity contribution is -0.0431. The summed E-state index contributed by atoms with van der Waals surface area (Å²) in [5.74, 6) is 0. The molecular weight excluding hydrogens is 228 g/mol. The second kappa shape index (κ2) is 7.52. The molecule has 0 spiro atoms. The van der Waals surface area contributed by atoms with Crippen molar-refractivity contribution in [2.75, 3.05) is 13.2 Å². The summed E-state index contributed by atoms with van der Waals surface area (Å²) < 4.78 is 11.5. The van der Waals surface area contributed by atoms with Gasteiger partial charge in [-0.2, -0.15) is 0 Å². The minimum atomic E-state index is 0.116. The Bertz CT molecular complexity index is 318. The van der Waals surface area contributed by atoms with E-state index < -0.39 is 0 Å². The fraction of sp³-hybridized carbons (Fsp3) is 0.600. The monoisotopic (exact) mass is 250 g/mol. The highest BCUT2D eigenvalue weighted by Gasteiger charge is 2.21. The van der Waals surface area contributed by atoms with E-state index in [1.165, 1.54) is 5.56 Å². The van der Waals surface area contributed by atoms with Crippen molar-refractivity contribution in [3.8, 4) is 0 Å². The molecular formula is C15H22O3. The van der Waals surface area contributed by atoms with Gasteiger partial charge in [0.1, 0.15) is 0 Å². The maximum Gasteiger partial charge on any atom is 0.0720 e. The minimum Gasteiger partial charge on any atom is -0.394 e.